The molecule has 1 nitrogen and oxygen atoms in total. The molecule has 1 saturated carbocycles. The summed E-state index contributed by atoms with van der Waals surface area (Å²) in [7, 11) is 0. The molecule has 0 saturated heterocycles. The molecular formula is C17H27N. The first-order valence-electron chi connectivity index (χ1n) is 7.47. The molecule has 1 aromatic rings. The summed E-state index contributed by atoms with van der Waals surface area (Å²) in [4.78, 5) is 0. The lowest BCUT2D eigenvalue weighted by atomic mass is 9.75. The molecule has 2 atom stereocenters. The summed E-state index contributed by atoms with van der Waals surface area (Å²) < 4.78 is 0. The topological polar surface area (TPSA) is 12.0 Å². The minimum absolute atomic E-state index is 0.602. The Labute approximate surface area is 112 Å². The van der Waals surface area contributed by atoms with E-state index < -0.39 is 0 Å². The van der Waals surface area contributed by atoms with E-state index in [1.807, 2.05) is 0 Å². The summed E-state index contributed by atoms with van der Waals surface area (Å²) in [6.07, 6.45) is 5.56. The molecule has 1 aromatic carbocycles. The summed E-state index contributed by atoms with van der Waals surface area (Å²) in [5, 5.41) is 3.63. The molecule has 1 N–H and O–H groups in total. The lowest BCUT2D eigenvalue weighted by molar-refractivity contribution is 0.289. The van der Waals surface area contributed by atoms with Crippen LogP contribution in [-0.2, 0) is 0 Å². The van der Waals surface area contributed by atoms with Crippen molar-refractivity contribution < 1.29 is 0 Å². The van der Waals surface area contributed by atoms with E-state index in [1.54, 1.807) is 5.56 Å². The first kappa shape index (κ1) is 13.6. The summed E-state index contributed by atoms with van der Waals surface area (Å²) in [5.74, 6) is 1.59. The van der Waals surface area contributed by atoms with Crippen LogP contribution in [0, 0.1) is 12.8 Å². The summed E-state index contributed by atoms with van der Waals surface area (Å²) >= 11 is 0. The predicted molar refractivity (Wildman–Crippen MR) is 79.0 cm³/mol. The third kappa shape index (κ3) is 3.58. The minimum atomic E-state index is 0.602. The van der Waals surface area contributed by atoms with Crippen LogP contribution >= 0.6 is 0 Å². The van der Waals surface area contributed by atoms with Crippen molar-refractivity contribution >= 4 is 0 Å². The molecule has 0 radical (unpaired) electrons. The summed E-state index contributed by atoms with van der Waals surface area (Å²) in [6, 6.07) is 9.81. The Bertz CT molecular complexity index is 352. The van der Waals surface area contributed by atoms with Gasteiger partial charge >= 0.3 is 0 Å². The Morgan fingerprint density at radius 3 is 2.44 bits per heavy atom. The molecule has 0 aromatic heterocycles. The Morgan fingerprint density at radius 2 is 1.78 bits per heavy atom. The largest absolute Gasteiger partial charge is 0.314 e. The highest BCUT2D eigenvalue weighted by Gasteiger charge is 2.26. The van der Waals surface area contributed by atoms with Crippen LogP contribution in [0.5, 0.6) is 0 Å². The second kappa shape index (κ2) is 6.38. The molecule has 1 aliphatic carbocycles. The van der Waals surface area contributed by atoms with Gasteiger partial charge in [-0.25, -0.2) is 0 Å². The molecule has 2 unspecified atom stereocenters. The molecule has 2 rings (SSSR count). The molecule has 1 heteroatoms. The fourth-order valence-electron chi connectivity index (χ4n) is 3.09. The highest BCUT2D eigenvalue weighted by atomic mass is 14.9. The van der Waals surface area contributed by atoms with Gasteiger partial charge in [-0.05, 0) is 43.7 Å². The Kier molecular flexibility index (Phi) is 4.82. The van der Waals surface area contributed by atoms with Crippen LogP contribution in [0.3, 0.4) is 0 Å². The zero-order chi connectivity index (χ0) is 13.0. The summed E-state index contributed by atoms with van der Waals surface area (Å²) in [5.41, 5.74) is 2.92. The Balaban J connectivity index is 2.05. The van der Waals surface area contributed by atoms with E-state index in [2.05, 4.69) is 50.4 Å². The van der Waals surface area contributed by atoms with E-state index in [0.29, 0.717) is 6.04 Å². The zero-order valence-electron chi connectivity index (χ0n) is 12.1. The number of hydrogen-bond acceptors (Lipinski definition) is 1. The maximum atomic E-state index is 3.63. The monoisotopic (exact) mass is 245 g/mol. The number of hydrogen-bond donors (Lipinski definition) is 1. The van der Waals surface area contributed by atoms with Crippen molar-refractivity contribution in [3.05, 3.63) is 35.4 Å². The first-order valence-corrected chi connectivity index (χ1v) is 7.47. The second-order valence-electron chi connectivity index (χ2n) is 6.12. The van der Waals surface area contributed by atoms with Gasteiger partial charge in [-0.2, -0.15) is 0 Å². The number of rotatable bonds is 4. The third-order valence-corrected chi connectivity index (χ3v) is 4.20. The molecular weight excluding hydrogens is 218 g/mol. The van der Waals surface area contributed by atoms with E-state index >= 15 is 0 Å². The van der Waals surface area contributed by atoms with Gasteiger partial charge in [0.15, 0.2) is 0 Å². The van der Waals surface area contributed by atoms with Crippen molar-refractivity contribution in [2.24, 2.45) is 5.92 Å². The van der Waals surface area contributed by atoms with Gasteiger partial charge in [0.05, 0.1) is 0 Å². The van der Waals surface area contributed by atoms with E-state index in [9.17, 15) is 0 Å². The standard InChI is InChI=1S/C17H27N/c1-13(2)18-12-16-6-4-5-7-17(16)15-10-8-14(3)9-11-15/h8-11,13,16-18H,4-7,12H2,1-3H3. The lowest BCUT2D eigenvalue weighted by Crippen LogP contribution is -2.33. The average molecular weight is 245 g/mol. The zero-order valence-corrected chi connectivity index (χ0v) is 12.1. The maximum Gasteiger partial charge on any atom is 0.00104 e. The fourth-order valence-corrected chi connectivity index (χ4v) is 3.09. The molecule has 100 valence electrons. The van der Waals surface area contributed by atoms with Crippen molar-refractivity contribution in [2.45, 2.75) is 58.4 Å². The lowest BCUT2D eigenvalue weighted by Gasteiger charge is -2.33. The van der Waals surface area contributed by atoms with Crippen LogP contribution in [0.1, 0.15) is 56.6 Å². The SMILES string of the molecule is Cc1ccc(C2CCCCC2CNC(C)C)cc1. The second-order valence-corrected chi connectivity index (χ2v) is 6.12. The predicted octanol–water partition coefficient (Wildman–Crippen LogP) is 4.27. The molecule has 0 spiro atoms. The van der Waals surface area contributed by atoms with E-state index in [4.69, 9.17) is 0 Å². The van der Waals surface area contributed by atoms with Crippen LogP contribution in [0.15, 0.2) is 24.3 Å². The van der Waals surface area contributed by atoms with Crippen molar-refractivity contribution in [3.63, 3.8) is 0 Å². The van der Waals surface area contributed by atoms with Crippen LogP contribution < -0.4 is 5.32 Å². The number of benzene rings is 1. The maximum absolute atomic E-state index is 3.63. The molecule has 0 aliphatic heterocycles. The molecule has 0 bridgehead atoms. The normalized spacial score (nSPS) is 24.4. The van der Waals surface area contributed by atoms with Gasteiger partial charge in [-0.1, -0.05) is 56.5 Å². The van der Waals surface area contributed by atoms with Gasteiger partial charge in [-0.15, -0.1) is 0 Å². The van der Waals surface area contributed by atoms with Gasteiger partial charge in [0.25, 0.3) is 0 Å². The number of nitrogens with one attached hydrogen (secondary N) is 1. The van der Waals surface area contributed by atoms with E-state index in [0.717, 1.165) is 11.8 Å². The Morgan fingerprint density at radius 1 is 1.11 bits per heavy atom. The van der Waals surface area contributed by atoms with E-state index in [1.165, 1.54) is 37.8 Å². The minimum Gasteiger partial charge on any atom is -0.314 e. The number of aryl methyl sites for hydroxylation is 1. The molecule has 1 fully saturated rings. The van der Waals surface area contributed by atoms with Crippen LogP contribution in [0.2, 0.25) is 0 Å². The van der Waals surface area contributed by atoms with Gasteiger partial charge in [0.2, 0.25) is 0 Å². The Hall–Kier alpha value is -0.820. The third-order valence-electron chi connectivity index (χ3n) is 4.20. The molecule has 0 amide bonds. The van der Waals surface area contributed by atoms with E-state index in [-0.39, 0.29) is 0 Å². The van der Waals surface area contributed by atoms with Crippen molar-refractivity contribution in [1.29, 1.82) is 0 Å². The highest BCUT2D eigenvalue weighted by molar-refractivity contribution is 5.25. The van der Waals surface area contributed by atoms with Gasteiger partial charge in [-0.3, -0.25) is 0 Å². The van der Waals surface area contributed by atoms with Crippen molar-refractivity contribution in [1.82, 2.24) is 5.32 Å². The van der Waals surface area contributed by atoms with Crippen LogP contribution in [-0.4, -0.2) is 12.6 Å². The quantitative estimate of drug-likeness (QED) is 0.835. The average Bonchev–Trinajstić information content (AvgIpc) is 2.38. The van der Waals surface area contributed by atoms with Gasteiger partial charge in [0.1, 0.15) is 0 Å². The van der Waals surface area contributed by atoms with Crippen LogP contribution in [0.25, 0.3) is 0 Å². The van der Waals surface area contributed by atoms with Crippen molar-refractivity contribution in [2.75, 3.05) is 6.54 Å². The first-order chi connectivity index (χ1) is 8.66. The van der Waals surface area contributed by atoms with Crippen LogP contribution in [0.4, 0.5) is 0 Å². The molecule has 1 aliphatic rings. The smallest absolute Gasteiger partial charge is 0.00104 e. The fraction of sp³-hybridized carbons (Fsp3) is 0.647. The molecule has 0 heterocycles. The summed E-state index contributed by atoms with van der Waals surface area (Å²) in [6.45, 7) is 7.83. The molecule has 18 heavy (non-hydrogen) atoms. The van der Waals surface area contributed by atoms with Gasteiger partial charge < -0.3 is 5.32 Å². The van der Waals surface area contributed by atoms with Gasteiger partial charge in [0, 0.05) is 6.04 Å². The highest BCUT2D eigenvalue weighted by Crippen LogP contribution is 2.37. The van der Waals surface area contributed by atoms with Crippen molar-refractivity contribution in [3.8, 4) is 0 Å².